The molecule has 0 aliphatic carbocycles. The van der Waals surface area contributed by atoms with Gasteiger partial charge in [-0.15, -0.1) is 0 Å². The van der Waals surface area contributed by atoms with Gasteiger partial charge in [-0.2, -0.15) is 0 Å². The van der Waals surface area contributed by atoms with Gasteiger partial charge in [-0.25, -0.2) is 4.57 Å². The molecule has 0 radical (unpaired) electrons. The Bertz CT molecular complexity index is 1230. The van der Waals surface area contributed by atoms with Crippen LogP contribution in [0.25, 0.3) is 0 Å². The summed E-state index contributed by atoms with van der Waals surface area (Å²) >= 11 is 0. The summed E-state index contributed by atoms with van der Waals surface area (Å²) in [5, 5.41) is 8.87. The number of phosphoric ester groups is 1. The Labute approximate surface area is 330 Å². The van der Waals surface area contributed by atoms with Crippen LogP contribution in [-0.2, 0) is 42.3 Å². The molecule has 0 rings (SSSR count). The molecule has 314 valence electrons. The summed E-state index contributed by atoms with van der Waals surface area (Å²) in [6, 6.07) is -1.55. The van der Waals surface area contributed by atoms with Gasteiger partial charge in [0.2, 0.25) is 0 Å². The zero-order chi connectivity index (χ0) is 40.8. The number of nitrogens with two attached hydrogens (primary N) is 1. The minimum atomic E-state index is -4.75. The van der Waals surface area contributed by atoms with Crippen molar-refractivity contribution in [1.82, 2.24) is 0 Å². The first kappa shape index (κ1) is 51.9. The van der Waals surface area contributed by atoms with E-state index < -0.39 is 57.7 Å². The predicted molar refractivity (Wildman–Crippen MR) is 217 cm³/mol. The van der Waals surface area contributed by atoms with Gasteiger partial charge in [0.05, 0.1) is 13.2 Å². The van der Waals surface area contributed by atoms with Crippen LogP contribution in [0.5, 0.6) is 0 Å². The average Bonchev–Trinajstić information content (AvgIpc) is 3.15. The number of allylic oxidation sites excluding steroid dienone is 10. The van der Waals surface area contributed by atoms with Crippen molar-refractivity contribution in [2.75, 3.05) is 19.8 Å². The van der Waals surface area contributed by atoms with Crippen molar-refractivity contribution >= 4 is 31.5 Å². The predicted octanol–water partition coefficient (Wildman–Crippen LogP) is 9.57. The highest BCUT2D eigenvalue weighted by Crippen LogP contribution is 2.43. The Morgan fingerprint density at radius 1 is 0.618 bits per heavy atom. The minimum absolute atomic E-state index is 0.0849. The fourth-order valence-electron chi connectivity index (χ4n) is 4.93. The molecule has 4 N–H and O–H groups in total. The third-order valence-corrected chi connectivity index (χ3v) is 9.17. The Balaban J connectivity index is 4.57. The molecular formula is C42H70NO11P. The Hall–Kier alpha value is -3.15. The highest BCUT2D eigenvalue weighted by molar-refractivity contribution is 7.47. The van der Waals surface area contributed by atoms with Gasteiger partial charge in [0.25, 0.3) is 0 Å². The van der Waals surface area contributed by atoms with Crippen LogP contribution in [0.3, 0.4) is 0 Å². The number of hydrogen-bond donors (Lipinski definition) is 3. The van der Waals surface area contributed by atoms with E-state index in [1.165, 1.54) is 32.1 Å². The number of carbonyl (C=O) groups excluding carboxylic acids is 3. The third-order valence-electron chi connectivity index (χ3n) is 8.21. The molecule has 0 saturated heterocycles. The number of carboxylic acid groups (broad SMARTS) is 1. The number of esters is 2. The summed E-state index contributed by atoms with van der Waals surface area (Å²) in [4.78, 5) is 57.8. The summed E-state index contributed by atoms with van der Waals surface area (Å²) in [5.41, 5.74) is 5.31. The van der Waals surface area contributed by atoms with Crippen LogP contribution >= 0.6 is 7.82 Å². The molecule has 0 spiro atoms. The molecule has 0 fully saturated rings. The van der Waals surface area contributed by atoms with Gasteiger partial charge in [-0.1, -0.05) is 113 Å². The SMILES string of the molecule is CCCCC/C=C\C=C\C(=O)CCCCCCCC(=O)OC[C@H](COP(=O)(O)OC[C@H](N)C(=O)O)OC(=O)CCCC/C=C\C/C=C\C/C=C\CCCCC. The first-order chi connectivity index (χ1) is 26.5. The second-order valence-corrected chi connectivity index (χ2v) is 14.9. The smallest absolute Gasteiger partial charge is 0.472 e. The molecule has 0 aromatic carbocycles. The van der Waals surface area contributed by atoms with Gasteiger partial charge in [0.15, 0.2) is 11.9 Å². The minimum Gasteiger partial charge on any atom is -0.480 e. The first-order valence-corrected chi connectivity index (χ1v) is 21.8. The van der Waals surface area contributed by atoms with E-state index in [4.69, 9.17) is 24.8 Å². The van der Waals surface area contributed by atoms with E-state index >= 15 is 0 Å². The lowest BCUT2D eigenvalue weighted by Gasteiger charge is -2.20. The largest absolute Gasteiger partial charge is 0.480 e. The van der Waals surface area contributed by atoms with Gasteiger partial charge in [0.1, 0.15) is 12.6 Å². The zero-order valence-corrected chi connectivity index (χ0v) is 34.4. The molecule has 13 heteroatoms. The molecule has 0 aromatic heterocycles. The van der Waals surface area contributed by atoms with Crippen LogP contribution in [0.4, 0.5) is 0 Å². The summed E-state index contributed by atoms with van der Waals surface area (Å²) in [7, 11) is -4.75. The van der Waals surface area contributed by atoms with Crippen LogP contribution in [0.1, 0.15) is 149 Å². The highest BCUT2D eigenvalue weighted by Gasteiger charge is 2.28. The van der Waals surface area contributed by atoms with Crippen molar-refractivity contribution in [3.63, 3.8) is 0 Å². The fourth-order valence-corrected chi connectivity index (χ4v) is 5.71. The maximum absolute atomic E-state index is 12.6. The molecular weight excluding hydrogens is 725 g/mol. The molecule has 0 bridgehead atoms. The molecule has 55 heavy (non-hydrogen) atoms. The van der Waals surface area contributed by atoms with E-state index in [0.29, 0.717) is 19.3 Å². The normalized spacial score (nSPS) is 14.3. The number of rotatable bonds is 37. The zero-order valence-electron chi connectivity index (χ0n) is 33.5. The van der Waals surface area contributed by atoms with Gasteiger partial charge < -0.3 is 25.2 Å². The standard InChI is InChI=1S/C42H70NO11P/c1-3-5-7-9-11-12-13-14-15-16-17-18-20-24-29-33-41(46)54-38(35-52-55(49,50)53-36-39(43)42(47)48)34-51-40(45)32-28-25-21-23-27-31-37(44)30-26-22-19-10-8-6-4-2/h11-12,14-15,17-19,22,26,30,38-39H,3-10,13,16,20-21,23-25,27-29,31-36,43H2,1-2H3,(H,47,48)(H,49,50)/b12-11-,15-14-,18-17-,22-19-,30-26+/t38-,39+/m1/s1. The Morgan fingerprint density at radius 2 is 1.13 bits per heavy atom. The van der Waals surface area contributed by atoms with Crippen molar-refractivity contribution in [2.45, 2.75) is 161 Å². The highest BCUT2D eigenvalue weighted by atomic mass is 31.2. The second-order valence-electron chi connectivity index (χ2n) is 13.4. The number of aliphatic carboxylic acids is 1. The maximum atomic E-state index is 12.6. The van der Waals surface area contributed by atoms with Gasteiger partial charge in [-0.3, -0.25) is 28.2 Å². The summed E-state index contributed by atoms with van der Waals surface area (Å²) < 4.78 is 32.5. The maximum Gasteiger partial charge on any atom is 0.472 e. The van der Waals surface area contributed by atoms with Crippen LogP contribution in [0.15, 0.2) is 60.8 Å². The molecule has 0 aliphatic heterocycles. The van der Waals surface area contributed by atoms with Crippen LogP contribution in [0, 0.1) is 0 Å². The number of carboxylic acids is 1. The van der Waals surface area contributed by atoms with Crippen molar-refractivity contribution in [2.24, 2.45) is 5.73 Å². The number of carbonyl (C=O) groups is 4. The third kappa shape index (κ3) is 36.3. The van der Waals surface area contributed by atoms with Crippen molar-refractivity contribution in [1.29, 1.82) is 0 Å². The second kappa shape index (κ2) is 36.5. The van der Waals surface area contributed by atoms with Crippen molar-refractivity contribution < 1.29 is 52.3 Å². The number of unbranched alkanes of at least 4 members (excludes halogenated alkanes) is 12. The lowest BCUT2D eigenvalue weighted by Crippen LogP contribution is -2.34. The Morgan fingerprint density at radius 3 is 1.75 bits per heavy atom. The van der Waals surface area contributed by atoms with Crippen LogP contribution in [-0.4, -0.2) is 65.7 Å². The molecule has 0 aromatic rings. The molecule has 0 aliphatic rings. The van der Waals surface area contributed by atoms with Gasteiger partial charge in [-0.05, 0) is 76.7 Å². The molecule has 0 heterocycles. The number of hydrogen-bond acceptors (Lipinski definition) is 10. The average molecular weight is 796 g/mol. The summed E-state index contributed by atoms with van der Waals surface area (Å²) in [6.07, 6.45) is 36.9. The number of ketones is 1. The molecule has 0 amide bonds. The van der Waals surface area contributed by atoms with Crippen molar-refractivity contribution in [3.05, 3.63) is 60.8 Å². The van der Waals surface area contributed by atoms with E-state index in [1.807, 2.05) is 6.08 Å². The molecule has 0 saturated carbocycles. The van der Waals surface area contributed by atoms with Crippen LogP contribution < -0.4 is 5.73 Å². The monoisotopic (exact) mass is 795 g/mol. The quantitative estimate of drug-likeness (QED) is 0.0135. The molecule has 1 unspecified atom stereocenters. The Kier molecular flexibility index (Phi) is 34.4. The van der Waals surface area contributed by atoms with E-state index in [9.17, 15) is 28.6 Å². The first-order valence-electron chi connectivity index (χ1n) is 20.3. The molecule has 3 atom stereocenters. The van der Waals surface area contributed by atoms with Gasteiger partial charge >= 0.3 is 25.7 Å². The topological polar surface area (TPSA) is 189 Å². The van der Waals surface area contributed by atoms with E-state index in [1.54, 1.807) is 12.2 Å². The number of phosphoric acid groups is 1. The summed E-state index contributed by atoms with van der Waals surface area (Å²) in [5.74, 6) is -2.45. The molecule has 12 nitrogen and oxygen atoms in total. The van der Waals surface area contributed by atoms with Gasteiger partial charge in [0, 0.05) is 19.3 Å². The van der Waals surface area contributed by atoms with E-state index in [2.05, 4.69) is 60.9 Å². The van der Waals surface area contributed by atoms with Crippen LogP contribution in [0.2, 0.25) is 0 Å². The van der Waals surface area contributed by atoms with Crippen molar-refractivity contribution in [3.8, 4) is 0 Å². The summed E-state index contributed by atoms with van der Waals surface area (Å²) in [6.45, 7) is 2.54. The number of ether oxygens (including phenoxy) is 2. The van der Waals surface area contributed by atoms with E-state index in [0.717, 1.165) is 70.6 Å². The fraction of sp³-hybridized carbons (Fsp3) is 0.667. The van der Waals surface area contributed by atoms with E-state index in [-0.39, 0.29) is 18.6 Å². The lowest BCUT2D eigenvalue weighted by molar-refractivity contribution is -0.161. The lowest BCUT2D eigenvalue weighted by atomic mass is 10.1.